The van der Waals surface area contributed by atoms with Crippen LogP contribution in [0.3, 0.4) is 0 Å². The van der Waals surface area contributed by atoms with Crippen LogP contribution >= 0.6 is 0 Å². The molecule has 1 heterocycles. The summed E-state index contributed by atoms with van der Waals surface area (Å²) in [5.74, 6) is -0.174. The number of ether oxygens (including phenoxy) is 1. The molecule has 0 unspecified atom stereocenters. The molecule has 3 rings (SSSR count). The van der Waals surface area contributed by atoms with E-state index in [1.54, 1.807) is 0 Å². The molecule has 1 aromatic heterocycles. The zero-order chi connectivity index (χ0) is 15.4. The largest absolute Gasteiger partial charge is 0.466 e. The van der Waals surface area contributed by atoms with E-state index in [9.17, 15) is 4.79 Å². The van der Waals surface area contributed by atoms with Gasteiger partial charge in [-0.1, -0.05) is 42.5 Å². The van der Waals surface area contributed by atoms with Gasteiger partial charge in [0.1, 0.15) is 0 Å². The van der Waals surface area contributed by atoms with Crippen molar-refractivity contribution in [2.24, 2.45) is 0 Å². The molecule has 0 aliphatic carbocycles. The molecule has 22 heavy (non-hydrogen) atoms. The van der Waals surface area contributed by atoms with Crippen LogP contribution < -0.4 is 0 Å². The van der Waals surface area contributed by atoms with Gasteiger partial charge < -0.3 is 9.30 Å². The van der Waals surface area contributed by atoms with Gasteiger partial charge in [0.15, 0.2) is 0 Å². The number of nitrogens with zero attached hydrogens (tertiary/aromatic N) is 1. The molecule has 2 aromatic carbocycles. The van der Waals surface area contributed by atoms with Gasteiger partial charge in [0.25, 0.3) is 0 Å². The van der Waals surface area contributed by atoms with Crippen LogP contribution in [0, 0.1) is 0 Å². The van der Waals surface area contributed by atoms with Crippen molar-refractivity contribution in [1.29, 1.82) is 0 Å². The Labute approximate surface area is 130 Å². The monoisotopic (exact) mass is 293 g/mol. The van der Waals surface area contributed by atoms with Crippen LogP contribution in [0.25, 0.3) is 10.9 Å². The highest BCUT2D eigenvalue weighted by atomic mass is 16.5. The Morgan fingerprint density at radius 2 is 1.73 bits per heavy atom. The Morgan fingerprint density at radius 1 is 1.00 bits per heavy atom. The lowest BCUT2D eigenvalue weighted by Gasteiger charge is -2.07. The van der Waals surface area contributed by atoms with E-state index in [0.29, 0.717) is 13.0 Å². The number of aromatic nitrogens is 1. The number of fused-ring (bicyclic) bond motifs is 1. The van der Waals surface area contributed by atoms with Gasteiger partial charge in [-0.2, -0.15) is 0 Å². The van der Waals surface area contributed by atoms with E-state index in [0.717, 1.165) is 12.1 Å². The highest BCUT2D eigenvalue weighted by Gasteiger charge is 2.05. The quantitative estimate of drug-likeness (QED) is 0.670. The van der Waals surface area contributed by atoms with Crippen LogP contribution in [-0.4, -0.2) is 17.1 Å². The van der Waals surface area contributed by atoms with Crippen molar-refractivity contribution in [3.63, 3.8) is 0 Å². The Bertz CT molecular complexity index is 771. The Kier molecular flexibility index (Phi) is 4.24. The molecule has 0 aliphatic rings. The molecule has 0 aliphatic heterocycles. The molecule has 0 saturated heterocycles. The molecule has 3 aromatic rings. The summed E-state index contributed by atoms with van der Waals surface area (Å²) in [6, 6.07) is 18.6. The van der Waals surface area contributed by atoms with Crippen LogP contribution in [0.1, 0.15) is 18.1 Å². The fraction of sp³-hybridized carbons (Fsp3) is 0.211. The van der Waals surface area contributed by atoms with E-state index in [1.807, 2.05) is 19.1 Å². The van der Waals surface area contributed by atoms with Crippen molar-refractivity contribution in [2.75, 3.05) is 6.61 Å². The number of para-hydroxylation sites is 1. The number of esters is 1. The molecule has 0 bridgehead atoms. The van der Waals surface area contributed by atoms with Gasteiger partial charge in [-0.15, -0.1) is 0 Å². The zero-order valence-electron chi connectivity index (χ0n) is 12.7. The standard InChI is InChI=1S/C19H19NO2/c1-2-22-19(21)13-15-7-9-16(10-8-15)14-20-12-11-17-5-3-4-6-18(17)20/h3-12H,2,13-14H2,1H3. The van der Waals surface area contributed by atoms with Crippen LogP contribution in [-0.2, 0) is 22.5 Å². The first-order valence-electron chi connectivity index (χ1n) is 7.53. The molecule has 0 atom stereocenters. The minimum atomic E-state index is -0.174. The number of hydrogen-bond acceptors (Lipinski definition) is 2. The Hall–Kier alpha value is -2.55. The SMILES string of the molecule is CCOC(=O)Cc1ccc(Cn2ccc3ccccc32)cc1. The van der Waals surface area contributed by atoms with Crippen LogP contribution in [0.15, 0.2) is 60.8 Å². The third kappa shape index (κ3) is 3.19. The van der Waals surface area contributed by atoms with Crippen molar-refractivity contribution in [1.82, 2.24) is 4.57 Å². The smallest absolute Gasteiger partial charge is 0.310 e. The van der Waals surface area contributed by atoms with Crippen molar-refractivity contribution < 1.29 is 9.53 Å². The summed E-state index contributed by atoms with van der Waals surface area (Å²) >= 11 is 0. The maximum atomic E-state index is 11.5. The van der Waals surface area contributed by atoms with Gasteiger partial charge in [0.2, 0.25) is 0 Å². The van der Waals surface area contributed by atoms with Crippen LogP contribution in [0.2, 0.25) is 0 Å². The average molecular weight is 293 g/mol. The molecule has 0 N–H and O–H groups in total. The molecular formula is C19H19NO2. The first-order valence-corrected chi connectivity index (χ1v) is 7.53. The molecule has 0 fully saturated rings. The predicted octanol–water partition coefficient (Wildman–Crippen LogP) is 3.80. The minimum absolute atomic E-state index is 0.174. The zero-order valence-corrected chi connectivity index (χ0v) is 12.7. The lowest BCUT2D eigenvalue weighted by Crippen LogP contribution is -2.07. The van der Waals surface area contributed by atoms with E-state index < -0.39 is 0 Å². The molecule has 0 spiro atoms. The molecule has 3 nitrogen and oxygen atoms in total. The van der Waals surface area contributed by atoms with Gasteiger partial charge in [-0.3, -0.25) is 4.79 Å². The van der Waals surface area contributed by atoms with Crippen molar-refractivity contribution >= 4 is 16.9 Å². The highest BCUT2D eigenvalue weighted by molar-refractivity contribution is 5.80. The maximum Gasteiger partial charge on any atom is 0.310 e. The fourth-order valence-electron chi connectivity index (χ4n) is 2.62. The first-order chi connectivity index (χ1) is 10.8. The fourth-order valence-corrected chi connectivity index (χ4v) is 2.62. The summed E-state index contributed by atoms with van der Waals surface area (Å²) in [5.41, 5.74) is 3.44. The summed E-state index contributed by atoms with van der Waals surface area (Å²) in [7, 11) is 0. The summed E-state index contributed by atoms with van der Waals surface area (Å²) < 4.78 is 7.20. The molecular weight excluding hydrogens is 274 g/mol. The van der Waals surface area contributed by atoms with Crippen LogP contribution in [0.4, 0.5) is 0 Å². The van der Waals surface area contributed by atoms with Gasteiger partial charge in [0, 0.05) is 18.3 Å². The molecule has 3 heteroatoms. The van der Waals surface area contributed by atoms with E-state index in [4.69, 9.17) is 4.74 Å². The highest BCUT2D eigenvalue weighted by Crippen LogP contribution is 2.17. The number of carbonyl (C=O) groups excluding carboxylic acids is 1. The van der Waals surface area contributed by atoms with Gasteiger partial charge in [0.05, 0.1) is 13.0 Å². The van der Waals surface area contributed by atoms with E-state index in [1.165, 1.54) is 16.5 Å². The third-order valence-corrected chi connectivity index (χ3v) is 3.71. The number of rotatable bonds is 5. The maximum absolute atomic E-state index is 11.5. The second-order valence-corrected chi connectivity index (χ2v) is 5.30. The lowest BCUT2D eigenvalue weighted by molar-refractivity contribution is -0.142. The van der Waals surface area contributed by atoms with E-state index >= 15 is 0 Å². The third-order valence-electron chi connectivity index (χ3n) is 3.71. The van der Waals surface area contributed by atoms with Gasteiger partial charge in [-0.25, -0.2) is 0 Å². The van der Waals surface area contributed by atoms with E-state index in [-0.39, 0.29) is 5.97 Å². The summed E-state index contributed by atoms with van der Waals surface area (Å²) in [6.45, 7) is 3.08. The van der Waals surface area contributed by atoms with E-state index in [2.05, 4.69) is 53.2 Å². The predicted molar refractivity (Wildman–Crippen MR) is 87.8 cm³/mol. The number of hydrogen-bond donors (Lipinski definition) is 0. The first kappa shape index (κ1) is 14.4. The summed E-state index contributed by atoms with van der Waals surface area (Å²) in [4.78, 5) is 11.5. The van der Waals surface area contributed by atoms with Crippen molar-refractivity contribution in [2.45, 2.75) is 19.9 Å². The second kappa shape index (κ2) is 6.48. The number of benzene rings is 2. The molecule has 0 amide bonds. The van der Waals surface area contributed by atoms with Crippen LogP contribution in [0.5, 0.6) is 0 Å². The normalized spacial score (nSPS) is 10.8. The van der Waals surface area contributed by atoms with Crippen molar-refractivity contribution in [3.8, 4) is 0 Å². The lowest BCUT2D eigenvalue weighted by atomic mass is 10.1. The van der Waals surface area contributed by atoms with Crippen molar-refractivity contribution in [3.05, 3.63) is 71.9 Å². The topological polar surface area (TPSA) is 31.2 Å². The summed E-state index contributed by atoms with van der Waals surface area (Å²) in [5, 5.41) is 1.25. The Balaban J connectivity index is 1.72. The molecule has 0 saturated carbocycles. The second-order valence-electron chi connectivity index (χ2n) is 5.30. The molecule has 112 valence electrons. The van der Waals surface area contributed by atoms with Gasteiger partial charge >= 0.3 is 5.97 Å². The Morgan fingerprint density at radius 3 is 2.50 bits per heavy atom. The summed E-state index contributed by atoms with van der Waals surface area (Å²) in [6.07, 6.45) is 2.44. The van der Waals surface area contributed by atoms with Gasteiger partial charge in [-0.05, 0) is 35.6 Å². The minimum Gasteiger partial charge on any atom is -0.466 e. The average Bonchev–Trinajstić information content (AvgIpc) is 2.93. The number of carbonyl (C=O) groups is 1. The molecule has 0 radical (unpaired) electrons.